The van der Waals surface area contributed by atoms with Gasteiger partial charge in [-0.1, -0.05) is 0 Å². The van der Waals surface area contributed by atoms with Crippen molar-refractivity contribution in [2.75, 3.05) is 18.0 Å². The van der Waals surface area contributed by atoms with Crippen molar-refractivity contribution in [2.45, 2.75) is 31.9 Å². The lowest BCUT2D eigenvalue weighted by molar-refractivity contribution is -0.128. The van der Waals surface area contributed by atoms with Crippen LogP contribution in [0.3, 0.4) is 0 Å². The number of hydrogen-bond acceptors (Lipinski definition) is 5. The molecule has 0 radical (unpaired) electrons. The van der Waals surface area contributed by atoms with Crippen LogP contribution in [0.1, 0.15) is 19.8 Å². The molecule has 1 amide bonds. The molecule has 1 aliphatic rings. The summed E-state index contributed by atoms with van der Waals surface area (Å²) in [6.07, 6.45) is 4.28. The van der Waals surface area contributed by atoms with E-state index in [-0.39, 0.29) is 17.7 Å². The molecule has 3 rings (SSSR count). The number of benzene rings is 1. The van der Waals surface area contributed by atoms with Crippen LogP contribution < -0.4 is 15.0 Å². The third-order valence-corrected chi connectivity index (χ3v) is 4.18. The topological polar surface area (TPSA) is 67.3 Å². The lowest BCUT2D eigenvalue weighted by Crippen LogP contribution is -2.51. The Hall–Kier alpha value is -2.77. The molecule has 2 unspecified atom stereocenters. The minimum Gasteiger partial charge on any atom is -0.481 e. The van der Waals surface area contributed by atoms with E-state index >= 15 is 0 Å². The highest BCUT2D eigenvalue weighted by Gasteiger charge is 2.25. The quantitative estimate of drug-likeness (QED) is 0.884. The Labute approximate surface area is 150 Å². The van der Waals surface area contributed by atoms with Gasteiger partial charge in [0.2, 0.25) is 5.95 Å². The molecule has 1 saturated heterocycles. The predicted molar refractivity (Wildman–Crippen MR) is 91.9 cm³/mol. The van der Waals surface area contributed by atoms with Crippen molar-refractivity contribution in [1.29, 1.82) is 0 Å². The Morgan fingerprint density at radius 2 is 2.08 bits per heavy atom. The van der Waals surface area contributed by atoms with Crippen LogP contribution in [0.15, 0.2) is 36.7 Å². The summed E-state index contributed by atoms with van der Waals surface area (Å²) in [4.78, 5) is 22.8. The van der Waals surface area contributed by atoms with E-state index in [0.717, 1.165) is 31.5 Å². The molecule has 2 atom stereocenters. The molecule has 0 spiro atoms. The van der Waals surface area contributed by atoms with Crippen molar-refractivity contribution in [1.82, 2.24) is 15.3 Å². The minimum atomic E-state index is -1.01. The average Bonchev–Trinajstić information content (AvgIpc) is 2.65. The first-order valence-electron chi connectivity index (χ1n) is 8.47. The maximum absolute atomic E-state index is 13.2. The second-order valence-corrected chi connectivity index (χ2v) is 6.18. The molecular weight excluding hydrogens is 342 g/mol. The highest BCUT2D eigenvalue weighted by atomic mass is 19.2. The summed E-state index contributed by atoms with van der Waals surface area (Å²) in [6, 6.07) is 4.87. The summed E-state index contributed by atoms with van der Waals surface area (Å²) in [6.45, 7) is 3.00. The first kappa shape index (κ1) is 18.0. The number of carbonyl (C=O) groups excluding carboxylic acids is 1. The van der Waals surface area contributed by atoms with Crippen LogP contribution in [-0.2, 0) is 4.79 Å². The Balaban J connectivity index is 1.55. The highest BCUT2D eigenvalue weighted by molar-refractivity contribution is 5.81. The van der Waals surface area contributed by atoms with Gasteiger partial charge in [0.15, 0.2) is 17.7 Å². The summed E-state index contributed by atoms with van der Waals surface area (Å²) in [5.41, 5.74) is 0. The van der Waals surface area contributed by atoms with Gasteiger partial charge in [0.05, 0.1) is 0 Å². The van der Waals surface area contributed by atoms with E-state index < -0.39 is 17.7 Å². The number of nitrogens with one attached hydrogen (secondary N) is 1. The monoisotopic (exact) mass is 362 g/mol. The maximum atomic E-state index is 13.2. The van der Waals surface area contributed by atoms with Crippen LogP contribution in [0.25, 0.3) is 0 Å². The van der Waals surface area contributed by atoms with E-state index in [4.69, 9.17) is 4.74 Å². The van der Waals surface area contributed by atoms with Crippen molar-refractivity contribution in [3.05, 3.63) is 48.3 Å². The van der Waals surface area contributed by atoms with Gasteiger partial charge in [-0.15, -0.1) is 0 Å². The summed E-state index contributed by atoms with van der Waals surface area (Å²) in [5.74, 6) is -1.54. The molecule has 0 bridgehead atoms. The molecule has 1 aromatic heterocycles. The lowest BCUT2D eigenvalue weighted by Gasteiger charge is -2.33. The Morgan fingerprint density at radius 1 is 1.31 bits per heavy atom. The molecule has 26 heavy (non-hydrogen) atoms. The Kier molecular flexibility index (Phi) is 5.60. The van der Waals surface area contributed by atoms with Crippen LogP contribution in [0.5, 0.6) is 5.75 Å². The van der Waals surface area contributed by atoms with Crippen molar-refractivity contribution in [3.63, 3.8) is 0 Å². The molecule has 0 saturated carbocycles. The molecule has 1 aliphatic heterocycles. The number of piperidine rings is 1. The van der Waals surface area contributed by atoms with Crippen LogP contribution in [0.4, 0.5) is 14.7 Å². The largest absolute Gasteiger partial charge is 0.481 e. The molecule has 138 valence electrons. The van der Waals surface area contributed by atoms with Gasteiger partial charge in [-0.05, 0) is 38.0 Å². The summed E-state index contributed by atoms with van der Waals surface area (Å²) >= 11 is 0. The van der Waals surface area contributed by atoms with Crippen LogP contribution >= 0.6 is 0 Å². The first-order chi connectivity index (χ1) is 12.5. The fourth-order valence-electron chi connectivity index (χ4n) is 2.86. The van der Waals surface area contributed by atoms with Crippen LogP contribution in [0, 0.1) is 11.6 Å². The fourth-order valence-corrected chi connectivity index (χ4v) is 2.86. The summed E-state index contributed by atoms with van der Waals surface area (Å²) in [5, 5.41) is 2.94. The van der Waals surface area contributed by atoms with E-state index in [1.807, 2.05) is 4.90 Å². The van der Waals surface area contributed by atoms with Gasteiger partial charge < -0.3 is 15.0 Å². The summed E-state index contributed by atoms with van der Waals surface area (Å²) in [7, 11) is 0. The smallest absolute Gasteiger partial charge is 0.261 e. The maximum Gasteiger partial charge on any atom is 0.261 e. The van der Waals surface area contributed by atoms with Crippen molar-refractivity contribution in [3.8, 4) is 5.75 Å². The van der Waals surface area contributed by atoms with E-state index in [1.165, 1.54) is 6.07 Å². The zero-order valence-electron chi connectivity index (χ0n) is 14.4. The molecule has 2 heterocycles. The molecule has 1 aromatic carbocycles. The van der Waals surface area contributed by atoms with Gasteiger partial charge in [-0.2, -0.15) is 0 Å². The Bertz CT molecular complexity index is 760. The Morgan fingerprint density at radius 3 is 2.81 bits per heavy atom. The normalized spacial score (nSPS) is 18.3. The molecule has 6 nitrogen and oxygen atoms in total. The van der Waals surface area contributed by atoms with Gasteiger partial charge in [0, 0.05) is 37.6 Å². The molecule has 8 heteroatoms. The molecular formula is C18H20F2N4O2. The molecule has 2 aromatic rings. The molecule has 1 fully saturated rings. The van der Waals surface area contributed by atoms with Gasteiger partial charge >= 0.3 is 0 Å². The number of amides is 1. The van der Waals surface area contributed by atoms with Crippen molar-refractivity contribution < 1.29 is 18.3 Å². The number of halogens is 2. The highest BCUT2D eigenvalue weighted by Crippen LogP contribution is 2.18. The number of aromatic nitrogens is 2. The fraction of sp³-hybridized carbons (Fsp3) is 0.389. The first-order valence-corrected chi connectivity index (χ1v) is 8.47. The van der Waals surface area contributed by atoms with Crippen LogP contribution in [-0.4, -0.2) is 41.1 Å². The number of hydrogen-bond donors (Lipinski definition) is 1. The lowest BCUT2D eigenvalue weighted by atomic mass is 10.1. The number of anilines is 1. The zero-order valence-corrected chi connectivity index (χ0v) is 14.4. The van der Waals surface area contributed by atoms with Gasteiger partial charge in [0.1, 0.15) is 5.75 Å². The molecule has 1 N–H and O–H groups in total. The predicted octanol–water partition coefficient (Wildman–Crippen LogP) is 2.31. The number of carbonyl (C=O) groups is 1. The van der Waals surface area contributed by atoms with E-state index in [9.17, 15) is 13.6 Å². The average molecular weight is 362 g/mol. The van der Waals surface area contributed by atoms with Gasteiger partial charge in [-0.25, -0.2) is 18.7 Å². The van der Waals surface area contributed by atoms with E-state index in [1.54, 1.807) is 25.4 Å². The third kappa shape index (κ3) is 4.44. The SMILES string of the molecule is CC(Oc1ccc(F)c(F)c1)C(=O)NC1CCCN(c2ncccn2)C1. The van der Waals surface area contributed by atoms with E-state index in [2.05, 4.69) is 15.3 Å². The summed E-state index contributed by atoms with van der Waals surface area (Å²) < 4.78 is 31.6. The number of nitrogens with zero attached hydrogens (tertiary/aromatic N) is 3. The second-order valence-electron chi connectivity index (χ2n) is 6.18. The van der Waals surface area contributed by atoms with Crippen molar-refractivity contribution in [2.24, 2.45) is 0 Å². The van der Waals surface area contributed by atoms with Gasteiger partial charge in [0.25, 0.3) is 5.91 Å². The third-order valence-electron chi connectivity index (χ3n) is 4.18. The zero-order chi connectivity index (χ0) is 18.5. The van der Waals surface area contributed by atoms with Crippen molar-refractivity contribution >= 4 is 11.9 Å². The number of ether oxygens (including phenoxy) is 1. The van der Waals surface area contributed by atoms with Crippen LogP contribution in [0.2, 0.25) is 0 Å². The van der Waals surface area contributed by atoms with E-state index in [0.29, 0.717) is 12.5 Å². The minimum absolute atomic E-state index is 0.0592. The molecule has 0 aliphatic carbocycles. The number of rotatable bonds is 5. The second kappa shape index (κ2) is 8.07. The van der Waals surface area contributed by atoms with Gasteiger partial charge in [-0.3, -0.25) is 4.79 Å². The standard InChI is InChI=1S/C18H20F2N4O2/c1-12(26-14-5-6-15(19)16(20)10-14)17(25)23-13-4-2-9-24(11-13)18-21-7-3-8-22-18/h3,5-8,10,12-13H,2,4,9,11H2,1H3,(H,23,25).